The predicted octanol–water partition coefficient (Wildman–Crippen LogP) is 3.16. The zero-order valence-electron chi connectivity index (χ0n) is 7.29. The number of hydrogen-bond donors (Lipinski definition) is 0. The average molecular weight is 318 g/mol. The first-order valence-electron chi connectivity index (χ1n) is 3.87. The Kier molecular flexibility index (Phi) is 2.69. The summed E-state index contributed by atoms with van der Waals surface area (Å²) in [6.07, 6.45) is 0. The molecule has 0 radical (unpaired) electrons. The van der Waals surface area contributed by atoms with Crippen LogP contribution in [-0.2, 0) is 0 Å². The molecule has 1 aromatic carbocycles. The molecular formula is C9H6Br2N2O. The molecule has 0 atom stereocenters. The van der Waals surface area contributed by atoms with E-state index in [2.05, 4.69) is 41.8 Å². The van der Waals surface area contributed by atoms with Crippen molar-refractivity contribution in [1.82, 2.24) is 9.97 Å². The number of rotatable bonds is 1. The summed E-state index contributed by atoms with van der Waals surface area (Å²) in [5.74, 6) is 0.795. The molecule has 0 N–H and O–H groups in total. The van der Waals surface area contributed by atoms with Crippen LogP contribution >= 0.6 is 31.9 Å². The van der Waals surface area contributed by atoms with Crippen LogP contribution in [0.3, 0.4) is 0 Å². The van der Waals surface area contributed by atoms with Gasteiger partial charge in [0.25, 0.3) is 0 Å². The standard InChI is InChI=1S/C9H6Br2N2O/c1-14-5-2-3-7-6(4-5)8(10)13-9(11)12-7/h2-4H,1H3. The summed E-state index contributed by atoms with van der Waals surface area (Å²) in [7, 11) is 1.63. The van der Waals surface area contributed by atoms with Gasteiger partial charge in [-0.15, -0.1) is 0 Å². The molecule has 2 aromatic rings. The van der Waals surface area contributed by atoms with Crippen molar-refractivity contribution in [3.8, 4) is 5.75 Å². The van der Waals surface area contributed by atoms with Gasteiger partial charge in [0.05, 0.1) is 12.6 Å². The van der Waals surface area contributed by atoms with Crippen molar-refractivity contribution in [2.24, 2.45) is 0 Å². The fourth-order valence-corrected chi connectivity index (χ4v) is 2.26. The van der Waals surface area contributed by atoms with Gasteiger partial charge in [-0.05, 0) is 50.1 Å². The summed E-state index contributed by atoms with van der Waals surface area (Å²) in [6, 6.07) is 5.66. The molecule has 0 aliphatic rings. The van der Waals surface area contributed by atoms with E-state index in [9.17, 15) is 0 Å². The Labute approximate surface area is 97.8 Å². The number of halogens is 2. The number of hydrogen-bond acceptors (Lipinski definition) is 3. The van der Waals surface area contributed by atoms with Gasteiger partial charge < -0.3 is 4.74 Å². The summed E-state index contributed by atoms with van der Waals surface area (Å²) in [4.78, 5) is 8.38. The van der Waals surface area contributed by atoms with Crippen LogP contribution in [-0.4, -0.2) is 17.1 Å². The molecular weight excluding hydrogens is 312 g/mol. The molecule has 0 bridgehead atoms. The van der Waals surface area contributed by atoms with Gasteiger partial charge in [0.1, 0.15) is 10.4 Å². The monoisotopic (exact) mass is 316 g/mol. The van der Waals surface area contributed by atoms with Gasteiger partial charge in [-0.1, -0.05) is 0 Å². The number of nitrogens with zero attached hydrogens (tertiary/aromatic N) is 2. The maximum atomic E-state index is 5.12. The van der Waals surface area contributed by atoms with E-state index in [0.29, 0.717) is 4.73 Å². The van der Waals surface area contributed by atoms with Crippen molar-refractivity contribution in [2.45, 2.75) is 0 Å². The maximum absolute atomic E-state index is 5.12. The molecule has 0 fully saturated rings. The molecule has 0 saturated heterocycles. The van der Waals surface area contributed by atoms with E-state index in [1.54, 1.807) is 7.11 Å². The summed E-state index contributed by atoms with van der Waals surface area (Å²) in [5.41, 5.74) is 0.875. The highest BCUT2D eigenvalue weighted by atomic mass is 79.9. The minimum absolute atomic E-state index is 0.571. The highest BCUT2D eigenvalue weighted by Crippen LogP contribution is 2.26. The zero-order valence-corrected chi connectivity index (χ0v) is 10.5. The van der Waals surface area contributed by atoms with Crippen LogP contribution < -0.4 is 4.74 Å². The molecule has 0 saturated carbocycles. The van der Waals surface area contributed by atoms with Gasteiger partial charge >= 0.3 is 0 Å². The lowest BCUT2D eigenvalue weighted by atomic mass is 10.2. The molecule has 1 aromatic heterocycles. The molecule has 1 heterocycles. The highest BCUT2D eigenvalue weighted by Gasteiger charge is 2.04. The third-order valence-electron chi connectivity index (χ3n) is 1.83. The lowest BCUT2D eigenvalue weighted by Gasteiger charge is -2.03. The summed E-state index contributed by atoms with van der Waals surface area (Å²) in [6.45, 7) is 0. The Balaban J connectivity index is 2.75. The number of aromatic nitrogens is 2. The van der Waals surface area contributed by atoms with Crippen LogP contribution in [0.1, 0.15) is 0 Å². The molecule has 5 heteroatoms. The van der Waals surface area contributed by atoms with E-state index >= 15 is 0 Å². The third kappa shape index (κ3) is 1.74. The minimum atomic E-state index is 0.571. The topological polar surface area (TPSA) is 35.0 Å². The van der Waals surface area contributed by atoms with E-state index < -0.39 is 0 Å². The fourth-order valence-electron chi connectivity index (χ4n) is 1.17. The van der Waals surface area contributed by atoms with Gasteiger partial charge in [0, 0.05) is 5.39 Å². The van der Waals surface area contributed by atoms with Crippen LogP contribution in [0.2, 0.25) is 0 Å². The Bertz CT molecular complexity index is 487. The Morgan fingerprint density at radius 3 is 2.71 bits per heavy atom. The average Bonchev–Trinajstić information content (AvgIpc) is 2.17. The second-order valence-corrected chi connectivity index (χ2v) is 4.13. The van der Waals surface area contributed by atoms with Crippen molar-refractivity contribution in [1.29, 1.82) is 0 Å². The second-order valence-electron chi connectivity index (χ2n) is 2.67. The highest BCUT2D eigenvalue weighted by molar-refractivity contribution is 9.11. The molecule has 3 nitrogen and oxygen atoms in total. The molecule has 0 spiro atoms. The maximum Gasteiger partial charge on any atom is 0.198 e. The molecule has 0 amide bonds. The van der Waals surface area contributed by atoms with Crippen molar-refractivity contribution in [2.75, 3.05) is 7.11 Å². The lowest BCUT2D eigenvalue weighted by molar-refractivity contribution is 0.415. The molecule has 0 aliphatic heterocycles. The van der Waals surface area contributed by atoms with Crippen molar-refractivity contribution in [3.63, 3.8) is 0 Å². The molecule has 72 valence electrons. The van der Waals surface area contributed by atoms with Gasteiger partial charge in [-0.25, -0.2) is 9.97 Å². The Morgan fingerprint density at radius 1 is 1.21 bits per heavy atom. The van der Waals surface area contributed by atoms with Crippen LogP contribution in [0.15, 0.2) is 27.5 Å². The number of methoxy groups -OCH3 is 1. The van der Waals surface area contributed by atoms with Crippen LogP contribution in [0.4, 0.5) is 0 Å². The van der Waals surface area contributed by atoms with Crippen LogP contribution in [0.5, 0.6) is 5.75 Å². The Morgan fingerprint density at radius 2 is 2.00 bits per heavy atom. The second kappa shape index (κ2) is 3.82. The van der Waals surface area contributed by atoms with Crippen molar-refractivity contribution in [3.05, 3.63) is 27.5 Å². The fraction of sp³-hybridized carbons (Fsp3) is 0.111. The Hall–Kier alpha value is -0.680. The van der Waals surface area contributed by atoms with E-state index in [0.717, 1.165) is 21.3 Å². The largest absolute Gasteiger partial charge is 0.497 e. The summed E-state index contributed by atoms with van der Waals surface area (Å²) >= 11 is 6.61. The number of benzene rings is 1. The SMILES string of the molecule is COc1ccc2nc(Br)nc(Br)c2c1. The zero-order chi connectivity index (χ0) is 10.1. The summed E-state index contributed by atoms with van der Waals surface area (Å²) < 4.78 is 6.45. The van der Waals surface area contributed by atoms with E-state index in [-0.39, 0.29) is 0 Å². The molecule has 2 rings (SSSR count). The van der Waals surface area contributed by atoms with Gasteiger partial charge in [-0.3, -0.25) is 0 Å². The van der Waals surface area contributed by atoms with Gasteiger partial charge in [0.15, 0.2) is 4.73 Å². The third-order valence-corrected chi connectivity index (χ3v) is 2.79. The van der Waals surface area contributed by atoms with E-state index in [1.165, 1.54) is 0 Å². The number of fused-ring (bicyclic) bond motifs is 1. The first kappa shape index (κ1) is 9.86. The number of ether oxygens (including phenoxy) is 1. The molecule has 0 aliphatic carbocycles. The molecule has 14 heavy (non-hydrogen) atoms. The van der Waals surface area contributed by atoms with Crippen LogP contribution in [0.25, 0.3) is 10.9 Å². The smallest absolute Gasteiger partial charge is 0.198 e. The van der Waals surface area contributed by atoms with E-state index in [4.69, 9.17) is 4.74 Å². The van der Waals surface area contributed by atoms with Crippen molar-refractivity contribution >= 4 is 42.8 Å². The quantitative estimate of drug-likeness (QED) is 0.598. The minimum Gasteiger partial charge on any atom is -0.497 e. The van der Waals surface area contributed by atoms with Crippen molar-refractivity contribution < 1.29 is 4.74 Å². The van der Waals surface area contributed by atoms with Gasteiger partial charge in [0.2, 0.25) is 0 Å². The van der Waals surface area contributed by atoms with Crippen LogP contribution in [0, 0.1) is 0 Å². The first-order chi connectivity index (χ1) is 6.70. The molecule has 0 unspecified atom stereocenters. The lowest BCUT2D eigenvalue weighted by Crippen LogP contribution is -1.89. The summed E-state index contributed by atoms with van der Waals surface area (Å²) in [5, 5.41) is 0.938. The first-order valence-corrected chi connectivity index (χ1v) is 5.46. The normalized spacial score (nSPS) is 10.5. The predicted molar refractivity (Wildman–Crippen MR) is 61.5 cm³/mol. The van der Waals surface area contributed by atoms with Gasteiger partial charge in [-0.2, -0.15) is 0 Å². The van der Waals surface area contributed by atoms with E-state index in [1.807, 2.05) is 18.2 Å².